The lowest BCUT2D eigenvalue weighted by molar-refractivity contribution is -0.136. The van der Waals surface area contributed by atoms with Gasteiger partial charge in [-0.3, -0.25) is 9.69 Å². The summed E-state index contributed by atoms with van der Waals surface area (Å²) < 4.78 is 9.57. The van der Waals surface area contributed by atoms with Crippen LogP contribution in [0.5, 0.6) is 0 Å². The molecule has 1 heterocycles. The van der Waals surface area contributed by atoms with Crippen LogP contribution in [0, 0.1) is 0 Å². The molecular formula is C22H17Cl2NO5. The number of ether oxygens (including phenoxy) is 2. The number of anilines is 1. The van der Waals surface area contributed by atoms with Gasteiger partial charge in [0.15, 0.2) is 0 Å². The summed E-state index contributed by atoms with van der Waals surface area (Å²) in [5.74, 6) is -1.52. The van der Waals surface area contributed by atoms with Crippen molar-refractivity contribution in [2.45, 2.75) is 6.92 Å². The first-order chi connectivity index (χ1) is 14.3. The van der Waals surface area contributed by atoms with E-state index in [9.17, 15) is 14.4 Å². The zero-order chi connectivity index (χ0) is 22.0. The van der Waals surface area contributed by atoms with Crippen molar-refractivity contribution < 1.29 is 23.9 Å². The van der Waals surface area contributed by atoms with Gasteiger partial charge >= 0.3 is 11.9 Å². The Morgan fingerprint density at radius 1 is 0.933 bits per heavy atom. The Hall–Kier alpha value is -3.09. The molecule has 1 amide bonds. The van der Waals surface area contributed by atoms with Crippen LogP contribution in [0.1, 0.15) is 22.8 Å². The first kappa shape index (κ1) is 21.6. The lowest BCUT2D eigenvalue weighted by Gasteiger charge is -2.18. The maximum Gasteiger partial charge on any atom is 0.340 e. The molecule has 0 fully saturated rings. The molecule has 0 saturated carbocycles. The highest BCUT2D eigenvalue weighted by atomic mass is 35.5. The summed E-state index contributed by atoms with van der Waals surface area (Å²) in [4.78, 5) is 38.7. The first-order valence-corrected chi connectivity index (χ1v) is 9.53. The van der Waals surface area contributed by atoms with Crippen molar-refractivity contribution in [3.8, 4) is 0 Å². The van der Waals surface area contributed by atoms with Crippen molar-refractivity contribution in [3.05, 3.63) is 80.5 Å². The van der Waals surface area contributed by atoms with Gasteiger partial charge in [-0.2, -0.15) is 0 Å². The fourth-order valence-electron chi connectivity index (χ4n) is 3.12. The summed E-state index contributed by atoms with van der Waals surface area (Å²) in [6.07, 6.45) is 1.57. The highest BCUT2D eigenvalue weighted by molar-refractivity contribution is 6.42. The van der Waals surface area contributed by atoms with Gasteiger partial charge in [-0.25, -0.2) is 9.59 Å². The summed E-state index contributed by atoms with van der Waals surface area (Å²) >= 11 is 12.1. The summed E-state index contributed by atoms with van der Waals surface area (Å²) in [5.41, 5.74) is 2.17. The lowest BCUT2D eigenvalue weighted by atomic mass is 10.0. The number of rotatable bonds is 4. The number of amides is 1. The molecule has 0 radical (unpaired) electrons. The van der Waals surface area contributed by atoms with Gasteiger partial charge in [-0.05, 0) is 48.9 Å². The number of hydrogen-bond donors (Lipinski definition) is 0. The van der Waals surface area contributed by atoms with E-state index in [0.717, 1.165) is 0 Å². The lowest BCUT2D eigenvalue weighted by Crippen LogP contribution is -2.24. The van der Waals surface area contributed by atoms with Crippen LogP contribution in [0.25, 0.3) is 6.08 Å². The topological polar surface area (TPSA) is 72.9 Å². The summed E-state index contributed by atoms with van der Waals surface area (Å²) in [5, 5.41) is 0.633. The second-order valence-electron chi connectivity index (χ2n) is 6.36. The minimum Gasteiger partial charge on any atom is -0.465 e. The summed E-state index contributed by atoms with van der Waals surface area (Å²) in [6, 6.07) is 11.2. The van der Waals surface area contributed by atoms with Crippen molar-refractivity contribution in [3.63, 3.8) is 0 Å². The van der Waals surface area contributed by atoms with Crippen molar-refractivity contribution in [1.82, 2.24) is 0 Å². The molecule has 30 heavy (non-hydrogen) atoms. The predicted molar refractivity (Wildman–Crippen MR) is 114 cm³/mol. The third-order valence-corrected chi connectivity index (χ3v) is 5.33. The fourth-order valence-corrected chi connectivity index (χ4v) is 3.41. The van der Waals surface area contributed by atoms with Crippen LogP contribution in [0.4, 0.5) is 5.69 Å². The number of nitrogens with zero attached hydrogens (tertiary/aromatic N) is 1. The predicted octanol–water partition coefficient (Wildman–Crippen LogP) is 4.66. The average molecular weight is 446 g/mol. The molecule has 0 aliphatic carbocycles. The SMILES string of the molecule is COC(=O)C1=C(C)N(c2ccc(Cl)c(Cl)c2)C(=O)/C1=C\c1ccc(C(=O)OC)cc1. The summed E-state index contributed by atoms with van der Waals surface area (Å²) in [6.45, 7) is 1.65. The molecule has 2 aromatic carbocycles. The van der Waals surface area contributed by atoms with Gasteiger partial charge in [0, 0.05) is 5.70 Å². The monoisotopic (exact) mass is 445 g/mol. The van der Waals surface area contributed by atoms with Gasteiger partial charge < -0.3 is 9.47 Å². The van der Waals surface area contributed by atoms with Crippen LogP contribution >= 0.6 is 23.2 Å². The maximum atomic E-state index is 13.2. The van der Waals surface area contributed by atoms with Crippen molar-refractivity contribution >= 4 is 52.8 Å². The Balaban J connectivity index is 2.08. The normalized spacial score (nSPS) is 15.0. The number of benzene rings is 2. The molecular weight excluding hydrogens is 429 g/mol. The zero-order valence-corrected chi connectivity index (χ0v) is 17.9. The minimum atomic E-state index is -0.638. The molecule has 0 aromatic heterocycles. The number of halogens is 2. The Bertz CT molecular complexity index is 1100. The van der Waals surface area contributed by atoms with Crippen molar-refractivity contribution in [2.24, 2.45) is 0 Å². The third-order valence-electron chi connectivity index (χ3n) is 4.59. The van der Waals surface area contributed by atoms with Gasteiger partial charge in [0.05, 0.1) is 46.7 Å². The van der Waals surface area contributed by atoms with Crippen LogP contribution < -0.4 is 4.90 Å². The Kier molecular flexibility index (Phi) is 6.29. The minimum absolute atomic E-state index is 0.144. The smallest absolute Gasteiger partial charge is 0.340 e. The zero-order valence-electron chi connectivity index (χ0n) is 16.4. The van der Waals surface area contributed by atoms with E-state index < -0.39 is 17.8 Å². The van der Waals surface area contributed by atoms with E-state index in [1.54, 1.807) is 55.5 Å². The number of esters is 2. The largest absolute Gasteiger partial charge is 0.465 e. The van der Waals surface area contributed by atoms with E-state index in [4.69, 9.17) is 27.9 Å². The van der Waals surface area contributed by atoms with E-state index in [1.165, 1.54) is 19.1 Å². The molecule has 3 rings (SSSR count). The molecule has 2 aromatic rings. The quantitative estimate of drug-likeness (QED) is 0.505. The second-order valence-corrected chi connectivity index (χ2v) is 7.18. The number of carbonyl (C=O) groups excluding carboxylic acids is 3. The van der Waals surface area contributed by atoms with E-state index in [2.05, 4.69) is 4.74 Å². The molecule has 0 saturated heterocycles. The van der Waals surface area contributed by atoms with Crippen LogP contribution in [-0.4, -0.2) is 32.1 Å². The number of allylic oxidation sites excluding steroid dienone is 1. The van der Waals surface area contributed by atoms with Crippen molar-refractivity contribution in [2.75, 3.05) is 19.1 Å². The highest BCUT2D eigenvalue weighted by Gasteiger charge is 2.38. The molecule has 8 heteroatoms. The van der Waals surface area contributed by atoms with Crippen LogP contribution in [0.15, 0.2) is 59.3 Å². The van der Waals surface area contributed by atoms with E-state index in [1.807, 2.05) is 0 Å². The van der Waals surface area contributed by atoms with Crippen molar-refractivity contribution in [1.29, 1.82) is 0 Å². The van der Waals surface area contributed by atoms with Gasteiger partial charge in [0.25, 0.3) is 5.91 Å². The van der Waals surface area contributed by atoms with Crippen LogP contribution in [-0.2, 0) is 19.1 Å². The molecule has 0 N–H and O–H groups in total. The molecule has 154 valence electrons. The number of hydrogen-bond acceptors (Lipinski definition) is 5. The Morgan fingerprint density at radius 2 is 1.57 bits per heavy atom. The standard InChI is InChI=1S/C22H17Cl2NO5/c1-12-19(22(28)30-3)16(10-13-4-6-14(7-5-13)21(27)29-2)20(26)25(12)15-8-9-17(23)18(24)11-15/h4-11H,1-3H3/b16-10-. The number of methoxy groups -OCH3 is 2. The molecule has 1 aliphatic heterocycles. The Morgan fingerprint density at radius 3 is 2.13 bits per heavy atom. The van der Waals surface area contributed by atoms with E-state index in [-0.39, 0.29) is 16.2 Å². The van der Waals surface area contributed by atoms with Crippen LogP contribution in [0.3, 0.4) is 0 Å². The van der Waals surface area contributed by atoms with E-state index in [0.29, 0.717) is 27.5 Å². The van der Waals surface area contributed by atoms with Gasteiger partial charge in [0.1, 0.15) is 0 Å². The first-order valence-electron chi connectivity index (χ1n) is 8.77. The third kappa shape index (κ3) is 3.97. The second kappa shape index (κ2) is 8.73. The maximum absolute atomic E-state index is 13.2. The number of carbonyl (C=O) groups is 3. The molecule has 0 spiro atoms. The molecule has 0 bridgehead atoms. The van der Waals surface area contributed by atoms with E-state index >= 15 is 0 Å². The van der Waals surface area contributed by atoms with Gasteiger partial charge in [0.2, 0.25) is 0 Å². The molecule has 6 nitrogen and oxygen atoms in total. The fraction of sp³-hybridized carbons (Fsp3) is 0.136. The average Bonchev–Trinajstić information content (AvgIpc) is 2.99. The van der Waals surface area contributed by atoms with Gasteiger partial charge in [-0.15, -0.1) is 0 Å². The van der Waals surface area contributed by atoms with Gasteiger partial charge in [-0.1, -0.05) is 35.3 Å². The highest BCUT2D eigenvalue weighted by Crippen LogP contribution is 2.37. The molecule has 1 aliphatic rings. The Labute approximate surface area is 183 Å². The summed E-state index contributed by atoms with van der Waals surface area (Å²) in [7, 11) is 2.54. The van der Waals surface area contributed by atoms with Crippen LogP contribution in [0.2, 0.25) is 10.0 Å². The molecule has 0 unspecified atom stereocenters. The molecule has 0 atom stereocenters.